The highest BCUT2D eigenvalue weighted by Gasteiger charge is 2.48. The van der Waals surface area contributed by atoms with Crippen LogP contribution in [0.2, 0.25) is 0 Å². The van der Waals surface area contributed by atoms with Gasteiger partial charge in [-0.05, 0) is 152 Å². The number of imide groups is 1. The normalized spacial score (nSPS) is 35.5. The number of ether oxygens (including phenoxy) is 2. The van der Waals surface area contributed by atoms with Gasteiger partial charge in [0.15, 0.2) is 0 Å². The molecule has 4 aliphatic carbocycles. The lowest BCUT2D eigenvalue weighted by Gasteiger charge is -2.39. The Morgan fingerprint density at radius 2 is 1.44 bits per heavy atom. The summed E-state index contributed by atoms with van der Waals surface area (Å²) >= 11 is 0. The van der Waals surface area contributed by atoms with Gasteiger partial charge in [0.2, 0.25) is 17.7 Å². The summed E-state index contributed by atoms with van der Waals surface area (Å²) in [5.74, 6) is 2.87. The average Bonchev–Trinajstić information content (AvgIpc) is 3.52. The smallest absolute Gasteiger partial charge is 0.249 e. The Labute approximate surface area is 326 Å². The highest BCUT2D eigenvalue weighted by Crippen LogP contribution is 2.46. The first-order valence-corrected chi connectivity index (χ1v) is 22.9. The fourth-order valence-electron chi connectivity index (χ4n) is 12.2. The van der Waals surface area contributed by atoms with Gasteiger partial charge in [0, 0.05) is 45.1 Å². The van der Waals surface area contributed by atoms with Gasteiger partial charge in [-0.2, -0.15) is 0 Å². The number of hydrogen-bond acceptors (Lipinski definition) is 7. The minimum Gasteiger partial charge on any atom is -0.393 e. The van der Waals surface area contributed by atoms with Gasteiger partial charge in [0.25, 0.3) is 0 Å². The molecule has 3 saturated heterocycles. The van der Waals surface area contributed by atoms with E-state index in [1.165, 1.54) is 77.0 Å². The van der Waals surface area contributed by atoms with Crippen LogP contribution in [0, 0.1) is 35.5 Å². The molecule has 3 heterocycles. The molecule has 0 spiro atoms. The number of hydrogen-bond donors (Lipinski definition) is 2. The van der Waals surface area contributed by atoms with Crippen LogP contribution in [0.5, 0.6) is 0 Å². The van der Waals surface area contributed by atoms with Crippen molar-refractivity contribution in [2.24, 2.45) is 35.5 Å². The molecule has 7 aliphatic rings. The molecule has 9 nitrogen and oxygen atoms in total. The molecule has 3 amide bonds. The van der Waals surface area contributed by atoms with Crippen molar-refractivity contribution >= 4 is 17.7 Å². The first kappa shape index (κ1) is 40.4. The number of nitrogens with zero attached hydrogens (tertiary/aromatic N) is 2. The number of likely N-dealkylation sites (tertiary alicyclic amines) is 2. The van der Waals surface area contributed by atoms with Crippen molar-refractivity contribution in [3.8, 4) is 0 Å². The Hall–Kier alpha value is -1.81. The zero-order chi connectivity index (χ0) is 37.4. The average molecular weight is 752 g/mol. The van der Waals surface area contributed by atoms with E-state index in [1.54, 1.807) is 4.90 Å². The van der Waals surface area contributed by atoms with Crippen molar-refractivity contribution < 1.29 is 29.0 Å². The lowest BCUT2D eigenvalue weighted by molar-refractivity contribution is -0.144. The maximum absolute atomic E-state index is 13.1. The first-order valence-electron chi connectivity index (χ1n) is 22.9. The number of amides is 3. The van der Waals surface area contributed by atoms with Crippen LogP contribution >= 0.6 is 0 Å². The molecule has 7 fully saturated rings. The first-order chi connectivity index (χ1) is 26.4. The zero-order valence-electron chi connectivity index (χ0n) is 33.7. The Morgan fingerprint density at radius 1 is 0.759 bits per heavy atom. The minimum atomic E-state index is -0.471. The number of piperidine rings is 2. The molecule has 0 aromatic rings. The molecule has 4 unspecified atom stereocenters. The molecule has 4 atom stereocenters. The van der Waals surface area contributed by atoms with Crippen LogP contribution in [0.4, 0.5) is 0 Å². The van der Waals surface area contributed by atoms with Crippen LogP contribution in [0.25, 0.3) is 0 Å². The fraction of sp³-hybridized carbons (Fsp3) is 0.889. The minimum absolute atomic E-state index is 0.0529. The molecule has 0 aromatic heterocycles. The lowest BCUT2D eigenvalue weighted by Crippen LogP contribution is -2.53. The van der Waals surface area contributed by atoms with Crippen molar-refractivity contribution in [3.63, 3.8) is 0 Å². The zero-order valence-corrected chi connectivity index (χ0v) is 33.7. The predicted octanol–water partition coefficient (Wildman–Crippen LogP) is 7.34. The van der Waals surface area contributed by atoms with E-state index in [1.807, 2.05) is 11.1 Å². The highest BCUT2D eigenvalue weighted by molar-refractivity contribution is 6.02. The van der Waals surface area contributed by atoms with Crippen LogP contribution in [0.15, 0.2) is 11.1 Å². The number of aliphatic hydroxyl groups is 1. The summed E-state index contributed by atoms with van der Waals surface area (Å²) in [4.78, 5) is 41.5. The van der Waals surface area contributed by atoms with Gasteiger partial charge in [-0.1, -0.05) is 37.3 Å². The number of aliphatic hydroxyl groups excluding tert-OH is 1. The second-order valence-electron chi connectivity index (χ2n) is 18.6. The summed E-state index contributed by atoms with van der Waals surface area (Å²) in [7, 11) is 0. The molecule has 0 radical (unpaired) electrons. The molecule has 0 bridgehead atoms. The summed E-state index contributed by atoms with van der Waals surface area (Å²) < 4.78 is 12.9. The van der Waals surface area contributed by atoms with Gasteiger partial charge < -0.3 is 24.4 Å². The fourth-order valence-corrected chi connectivity index (χ4v) is 12.2. The van der Waals surface area contributed by atoms with E-state index in [2.05, 4.69) is 17.1 Å². The Bertz CT molecular complexity index is 1270. The van der Waals surface area contributed by atoms with E-state index in [9.17, 15) is 19.5 Å². The van der Waals surface area contributed by atoms with E-state index >= 15 is 0 Å². The number of fused-ring (bicyclic) bond motifs is 1. The van der Waals surface area contributed by atoms with Gasteiger partial charge in [-0.15, -0.1) is 0 Å². The maximum atomic E-state index is 13.1. The van der Waals surface area contributed by atoms with E-state index in [0.717, 1.165) is 102 Å². The van der Waals surface area contributed by atoms with Crippen molar-refractivity contribution in [1.29, 1.82) is 0 Å². The third kappa shape index (κ3) is 10.2. The second-order valence-corrected chi connectivity index (χ2v) is 18.6. The van der Waals surface area contributed by atoms with Crippen molar-refractivity contribution in [3.05, 3.63) is 11.1 Å². The van der Waals surface area contributed by atoms with Crippen molar-refractivity contribution in [1.82, 2.24) is 15.1 Å². The summed E-state index contributed by atoms with van der Waals surface area (Å²) in [5.41, 5.74) is 3.69. The predicted molar refractivity (Wildman–Crippen MR) is 210 cm³/mol. The molecular weight excluding hydrogens is 679 g/mol. The van der Waals surface area contributed by atoms with Gasteiger partial charge >= 0.3 is 0 Å². The summed E-state index contributed by atoms with van der Waals surface area (Å²) in [6, 6.07) is -0.471. The van der Waals surface area contributed by atoms with Crippen LogP contribution < -0.4 is 5.32 Å². The molecule has 304 valence electrons. The monoisotopic (exact) mass is 752 g/mol. The quantitative estimate of drug-likeness (QED) is 0.109. The summed E-state index contributed by atoms with van der Waals surface area (Å²) in [6.45, 7) is 7.96. The topological polar surface area (TPSA) is 108 Å². The molecular formula is C45H73N3O6. The van der Waals surface area contributed by atoms with Crippen LogP contribution in [0.3, 0.4) is 0 Å². The van der Waals surface area contributed by atoms with Gasteiger partial charge in [-0.25, -0.2) is 0 Å². The highest BCUT2D eigenvalue weighted by atomic mass is 16.5. The van der Waals surface area contributed by atoms with Gasteiger partial charge in [-0.3, -0.25) is 19.7 Å². The Kier molecular flexibility index (Phi) is 14.6. The number of rotatable bonds is 14. The number of nitrogens with one attached hydrogen (secondary N) is 1. The summed E-state index contributed by atoms with van der Waals surface area (Å²) in [6.07, 6.45) is 26.5. The van der Waals surface area contributed by atoms with E-state index in [0.29, 0.717) is 49.3 Å². The number of carbonyl (C=O) groups excluding carboxylic acids is 3. The largest absolute Gasteiger partial charge is 0.393 e. The molecule has 9 heteroatoms. The summed E-state index contributed by atoms with van der Waals surface area (Å²) in [5, 5.41) is 12.7. The Balaban J connectivity index is 0.761. The third-order valence-electron chi connectivity index (χ3n) is 15.2. The molecule has 2 N–H and O–H groups in total. The van der Waals surface area contributed by atoms with E-state index < -0.39 is 6.04 Å². The van der Waals surface area contributed by atoms with E-state index in [-0.39, 0.29) is 29.7 Å². The molecule has 54 heavy (non-hydrogen) atoms. The molecule has 0 aromatic carbocycles. The standard InChI is InChI=1S/C45H73N3O6/c1-2-39(32-8-4-3-5-9-32)43(33-11-15-36(49)16-12-33)34-13-17-37(18-14-34)54-28-26-47-24-22-38(23-25-47)53-27-6-7-31-10-19-40-35(29-31)30-48(45(40)52)41-20-21-42(50)46-44(41)51/h31-38,40-41,49H,2-30H2,1H3,(H,46,50,51)/b43-39-. The third-order valence-corrected chi connectivity index (χ3v) is 15.2. The van der Waals surface area contributed by atoms with Gasteiger partial charge in [0.1, 0.15) is 6.04 Å². The lowest BCUT2D eigenvalue weighted by atomic mass is 9.68. The van der Waals surface area contributed by atoms with E-state index in [4.69, 9.17) is 9.47 Å². The van der Waals surface area contributed by atoms with Crippen molar-refractivity contribution in [2.75, 3.05) is 39.4 Å². The Morgan fingerprint density at radius 3 is 2.15 bits per heavy atom. The molecule has 3 aliphatic heterocycles. The van der Waals surface area contributed by atoms with Gasteiger partial charge in [0.05, 0.1) is 24.9 Å². The number of carbonyl (C=O) groups is 3. The maximum Gasteiger partial charge on any atom is 0.249 e. The molecule has 7 rings (SSSR count). The SMILES string of the molecule is CC/C(=C(\C1CCC(O)CC1)C1CCC(OCCN2CCC(OCCCC3CCC4C(=O)N(C5CCC(=O)NC5=O)CC4C3)CC2)CC1)C1CCCCC1. The van der Waals surface area contributed by atoms with Crippen LogP contribution in [0.1, 0.15) is 155 Å². The second kappa shape index (κ2) is 19.6. The molecule has 4 saturated carbocycles. The van der Waals surface area contributed by atoms with Crippen LogP contribution in [-0.4, -0.2) is 96.4 Å². The van der Waals surface area contributed by atoms with Crippen LogP contribution in [-0.2, 0) is 23.9 Å². The number of allylic oxidation sites excluding steroid dienone is 2. The van der Waals surface area contributed by atoms with Crippen molar-refractivity contribution in [2.45, 2.75) is 179 Å².